The van der Waals surface area contributed by atoms with E-state index in [9.17, 15) is 13.2 Å². The van der Waals surface area contributed by atoms with E-state index in [-0.39, 0.29) is 17.8 Å². The molecule has 0 atom stereocenters. The Hall–Kier alpha value is -2.52. The zero-order valence-electron chi connectivity index (χ0n) is 17.6. The molecule has 0 aliphatic carbocycles. The van der Waals surface area contributed by atoms with Crippen LogP contribution in [0.3, 0.4) is 0 Å². The fourth-order valence-electron chi connectivity index (χ4n) is 4.49. The van der Waals surface area contributed by atoms with Gasteiger partial charge >= 0.3 is 0 Å². The van der Waals surface area contributed by atoms with Crippen LogP contribution >= 0.6 is 0 Å². The van der Waals surface area contributed by atoms with Crippen LogP contribution in [0.1, 0.15) is 31.2 Å². The third-order valence-corrected chi connectivity index (χ3v) is 8.61. The maximum atomic E-state index is 13.0. The highest BCUT2D eigenvalue weighted by Gasteiger charge is 2.35. The fraction of sp³-hybridized carbons (Fsp3) is 0.500. The van der Waals surface area contributed by atoms with Gasteiger partial charge in [-0.1, -0.05) is 18.2 Å². The number of hydrogen-bond donors (Lipinski definition) is 1. The Morgan fingerprint density at radius 2 is 1.58 bits per heavy atom. The van der Waals surface area contributed by atoms with Gasteiger partial charge in [-0.3, -0.25) is 9.69 Å². The molecule has 0 unspecified atom stereocenters. The number of benzene rings is 1. The molecule has 31 heavy (non-hydrogen) atoms. The molecule has 0 saturated carbocycles. The van der Waals surface area contributed by atoms with Crippen molar-refractivity contribution in [2.75, 3.05) is 31.9 Å². The molecule has 0 bridgehead atoms. The van der Waals surface area contributed by atoms with E-state index in [1.807, 2.05) is 11.0 Å². The summed E-state index contributed by atoms with van der Waals surface area (Å²) in [7, 11) is -3.34. The number of nitrogens with zero attached hydrogens (tertiary/aromatic N) is 4. The molecule has 0 radical (unpaired) electrons. The van der Waals surface area contributed by atoms with Gasteiger partial charge in [0.2, 0.25) is 11.9 Å². The quantitative estimate of drug-likeness (QED) is 0.749. The van der Waals surface area contributed by atoms with E-state index in [1.54, 1.807) is 36.7 Å². The van der Waals surface area contributed by atoms with Crippen LogP contribution in [-0.4, -0.2) is 65.5 Å². The molecular formula is C22H29N5O3S. The molecule has 3 heterocycles. The number of nitrogens with two attached hydrogens (primary N) is 1. The van der Waals surface area contributed by atoms with E-state index in [2.05, 4.69) is 14.9 Å². The number of aromatic nitrogens is 2. The highest BCUT2D eigenvalue weighted by Crippen LogP contribution is 2.27. The van der Waals surface area contributed by atoms with Crippen LogP contribution in [0.2, 0.25) is 0 Å². The SMILES string of the molecule is Nc1ncc(CN2CCC(C(=O)N3CCC(S(=O)(=O)c4ccccc4)CC3)CC2)cn1. The fourth-order valence-corrected chi connectivity index (χ4v) is 6.24. The first-order valence-corrected chi connectivity index (χ1v) is 12.3. The van der Waals surface area contributed by atoms with Gasteiger partial charge in [-0.2, -0.15) is 0 Å². The largest absolute Gasteiger partial charge is 0.368 e. The van der Waals surface area contributed by atoms with Crippen molar-refractivity contribution in [1.82, 2.24) is 19.8 Å². The first kappa shape index (κ1) is 21.7. The van der Waals surface area contributed by atoms with Gasteiger partial charge < -0.3 is 10.6 Å². The number of anilines is 1. The van der Waals surface area contributed by atoms with Crippen LogP contribution < -0.4 is 5.73 Å². The predicted octanol–water partition coefficient (Wildman–Crippen LogP) is 1.74. The van der Waals surface area contributed by atoms with Gasteiger partial charge in [0.1, 0.15) is 0 Å². The van der Waals surface area contributed by atoms with Gasteiger partial charge in [0.05, 0.1) is 10.1 Å². The molecule has 2 aliphatic rings. The Balaban J connectivity index is 1.26. The van der Waals surface area contributed by atoms with Crippen LogP contribution in [0.4, 0.5) is 5.95 Å². The van der Waals surface area contributed by atoms with Crippen LogP contribution in [-0.2, 0) is 21.2 Å². The van der Waals surface area contributed by atoms with Gasteiger partial charge in [0, 0.05) is 43.5 Å². The van der Waals surface area contributed by atoms with Crippen LogP contribution in [0.5, 0.6) is 0 Å². The average Bonchev–Trinajstić information content (AvgIpc) is 2.81. The summed E-state index contributed by atoms with van der Waals surface area (Å²) in [5.41, 5.74) is 6.55. The maximum Gasteiger partial charge on any atom is 0.225 e. The Kier molecular flexibility index (Phi) is 6.52. The third-order valence-electron chi connectivity index (χ3n) is 6.33. The number of piperidine rings is 2. The number of rotatable bonds is 5. The zero-order chi connectivity index (χ0) is 21.8. The number of sulfone groups is 1. The van der Waals surface area contributed by atoms with E-state index >= 15 is 0 Å². The molecule has 2 aliphatic heterocycles. The van der Waals surface area contributed by atoms with Crippen molar-refractivity contribution >= 4 is 21.7 Å². The summed E-state index contributed by atoms with van der Waals surface area (Å²) in [5, 5.41) is -0.414. The van der Waals surface area contributed by atoms with Crippen molar-refractivity contribution in [1.29, 1.82) is 0 Å². The van der Waals surface area contributed by atoms with Gasteiger partial charge in [-0.05, 0) is 50.9 Å². The number of carbonyl (C=O) groups excluding carboxylic acids is 1. The van der Waals surface area contributed by atoms with Crippen molar-refractivity contribution < 1.29 is 13.2 Å². The first-order valence-electron chi connectivity index (χ1n) is 10.8. The lowest BCUT2D eigenvalue weighted by Crippen LogP contribution is -2.47. The Labute approximate surface area is 183 Å². The van der Waals surface area contributed by atoms with Gasteiger partial charge in [0.15, 0.2) is 9.84 Å². The van der Waals surface area contributed by atoms with E-state index in [0.717, 1.165) is 38.0 Å². The Morgan fingerprint density at radius 1 is 0.968 bits per heavy atom. The molecule has 1 aromatic carbocycles. The standard InChI is InChI=1S/C22H29N5O3S/c23-22-24-14-17(15-25-22)16-26-10-6-18(7-11-26)21(28)27-12-8-20(9-13-27)31(29,30)19-4-2-1-3-5-19/h1-5,14-15,18,20H,6-13,16H2,(H2,23,24,25). The lowest BCUT2D eigenvalue weighted by molar-refractivity contribution is -0.138. The van der Waals surface area contributed by atoms with Crippen LogP contribution in [0, 0.1) is 5.92 Å². The number of likely N-dealkylation sites (tertiary alicyclic amines) is 2. The zero-order valence-corrected chi connectivity index (χ0v) is 18.4. The van der Waals surface area contributed by atoms with Gasteiger partial charge in [-0.25, -0.2) is 18.4 Å². The van der Waals surface area contributed by atoms with E-state index in [4.69, 9.17) is 5.73 Å². The lowest BCUT2D eigenvalue weighted by atomic mass is 9.94. The van der Waals surface area contributed by atoms with Crippen LogP contribution in [0.15, 0.2) is 47.6 Å². The molecule has 9 heteroatoms. The minimum Gasteiger partial charge on any atom is -0.368 e. The summed E-state index contributed by atoms with van der Waals surface area (Å²) in [6.07, 6.45) is 6.12. The smallest absolute Gasteiger partial charge is 0.225 e. The topological polar surface area (TPSA) is 109 Å². The molecule has 2 N–H and O–H groups in total. The molecule has 2 aromatic rings. The van der Waals surface area contributed by atoms with Gasteiger partial charge in [0.25, 0.3) is 0 Å². The molecule has 2 fully saturated rings. The number of nitrogen functional groups attached to an aromatic ring is 1. The first-order chi connectivity index (χ1) is 14.9. The molecule has 4 rings (SSSR count). The highest BCUT2D eigenvalue weighted by molar-refractivity contribution is 7.92. The molecule has 2 saturated heterocycles. The molecule has 1 amide bonds. The summed E-state index contributed by atoms with van der Waals surface area (Å²) in [6.45, 7) is 3.47. The lowest BCUT2D eigenvalue weighted by Gasteiger charge is -2.37. The monoisotopic (exact) mass is 443 g/mol. The highest BCUT2D eigenvalue weighted by atomic mass is 32.2. The Morgan fingerprint density at radius 3 is 2.19 bits per heavy atom. The molecule has 8 nitrogen and oxygen atoms in total. The molecule has 0 spiro atoms. The molecule has 1 aromatic heterocycles. The number of hydrogen-bond acceptors (Lipinski definition) is 7. The third kappa shape index (κ3) is 5.04. The Bertz CT molecular complexity index is 982. The second-order valence-corrected chi connectivity index (χ2v) is 10.6. The van der Waals surface area contributed by atoms with Crippen LogP contribution in [0.25, 0.3) is 0 Å². The molecule has 166 valence electrons. The minimum absolute atomic E-state index is 0.0150. The summed E-state index contributed by atoms with van der Waals surface area (Å²) in [5.74, 6) is 0.459. The van der Waals surface area contributed by atoms with Crippen molar-refractivity contribution in [3.63, 3.8) is 0 Å². The second-order valence-electron chi connectivity index (χ2n) is 8.38. The second kappa shape index (κ2) is 9.32. The van der Waals surface area contributed by atoms with E-state index in [0.29, 0.717) is 30.8 Å². The van der Waals surface area contributed by atoms with Crippen molar-refractivity contribution in [3.05, 3.63) is 48.3 Å². The normalized spacial score (nSPS) is 19.4. The molecular weight excluding hydrogens is 414 g/mol. The van der Waals surface area contributed by atoms with E-state index in [1.165, 1.54) is 0 Å². The van der Waals surface area contributed by atoms with E-state index < -0.39 is 15.1 Å². The average molecular weight is 444 g/mol. The summed E-state index contributed by atoms with van der Waals surface area (Å²) < 4.78 is 25.7. The van der Waals surface area contributed by atoms with Crippen molar-refractivity contribution in [2.45, 2.75) is 42.4 Å². The summed E-state index contributed by atoms with van der Waals surface area (Å²) >= 11 is 0. The van der Waals surface area contributed by atoms with Gasteiger partial charge in [-0.15, -0.1) is 0 Å². The number of amides is 1. The predicted molar refractivity (Wildman–Crippen MR) is 118 cm³/mol. The maximum absolute atomic E-state index is 13.0. The summed E-state index contributed by atoms with van der Waals surface area (Å²) in [4.78, 5) is 25.6. The number of carbonyl (C=O) groups is 1. The summed E-state index contributed by atoms with van der Waals surface area (Å²) in [6, 6.07) is 8.61. The van der Waals surface area contributed by atoms with Crippen molar-refractivity contribution in [3.8, 4) is 0 Å². The minimum atomic E-state index is -3.34. The van der Waals surface area contributed by atoms with Crippen molar-refractivity contribution in [2.24, 2.45) is 5.92 Å².